The molecule has 3 amide bonds. The fraction of sp³-hybridized carbons (Fsp3) is 0.467. The van der Waals surface area contributed by atoms with E-state index in [4.69, 9.17) is 23.2 Å². The van der Waals surface area contributed by atoms with Gasteiger partial charge < -0.3 is 10.6 Å². The molecule has 22 heavy (non-hydrogen) atoms. The van der Waals surface area contributed by atoms with E-state index < -0.39 is 11.9 Å². The highest BCUT2D eigenvalue weighted by atomic mass is 35.5. The van der Waals surface area contributed by atoms with Crippen LogP contribution in [0.5, 0.6) is 0 Å². The van der Waals surface area contributed by atoms with Crippen LogP contribution in [0.3, 0.4) is 0 Å². The van der Waals surface area contributed by atoms with E-state index >= 15 is 0 Å². The number of benzene rings is 1. The molecule has 0 heterocycles. The Morgan fingerprint density at radius 3 is 2.45 bits per heavy atom. The van der Waals surface area contributed by atoms with Crippen LogP contribution in [0.15, 0.2) is 18.2 Å². The van der Waals surface area contributed by atoms with Crippen LogP contribution in [0, 0.1) is 5.92 Å². The van der Waals surface area contributed by atoms with Crippen LogP contribution in [0.2, 0.25) is 10.0 Å². The zero-order chi connectivity index (χ0) is 16.7. The van der Waals surface area contributed by atoms with Crippen molar-refractivity contribution in [3.63, 3.8) is 0 Å². The van der Waals surface area contributed by atoms with Crippen molar-refractivity contribution in [2.75, 3.05) is 13.1 Å². The smallest absolute Gasteiger partial charge is 0.321 e. The molecule has 1 aromatic carbocycles. The fourth-order valence-corrected chi connectivity index (χ4v) is 2.29. The Hall–Kier alpha value is -1.30. The fourth-order valence-electron chi connectivity index (χ4n) is 1.72. The molecule has 0 aliphatic carbocycles. The van der Waals surface area contributed by atoms with E-state index in [0.717, 1.165) is 5.56 Å². The lowest BCUT2D eigenvalue weighted by atomic mass is 10.1. The van der Waals surface area contributed by atoms with Crippen LogP contribution < -0.4 is 16.0 Å². The third-order valence-electron chi connectivity index (χ3n) is 2.92. The van der Waals surface area contributed by atoms with Gasteiger partial charge in [-0.15, -0.1) is 0 Å². The molecule has 0 radical (unpaired) electrons. The maximum Gasteiger partial charge on any atom is 0.321 e. The average Bonchev–Trinajstić information content (AvgIpc) is 2.42. The Kier molecular flexibility index (Phi) is 7.65. The molecule has 5 nitrogen and oxygen atoms in total. The number of halogens is 2. The third kappa shape index (κ3) is 6.64. The van der Waals surface area contributed by atoms with Gasteiger partial charge in [0.05, 0.1) is 6.54 Å². The Morgan fingerprint density at radius 2 is 1.86 bits per heavy atom. The molecule has 0 spiro atoms. The van der Waals surface area contributed by atoms with E-state index in [-0.39, 0.29) is 12.6 Å². The molecule has 1 aromatic rings. The van der Waals surface area contributed by atoms with E-state index in [1.165, 1.54) is 0 Å². The lowest BCUT2D eigenvalue weighted by Gasteiger charge is -2.16. The number of urea groups is 1. The lowest BCUT2D eigenvalue weighted by Crippen LogP contribution is -2.44. The predicted octanol–water partition coefficient (Wildman–Crippen LogP) is 3.13. The zero-order valence-electron chi connectivity index (χ0n) is 12.9. The van der Waals surface area contributed by atoms with Crippen molar-refractivity contribution >= 4 is 35.1 Å². The van der Waals surface area contributed by atoms with E-state index in [1.54, 1.807) is 18.2 Å². The average molecular weight is 346 g/mol. The molecule has 0 unspecified atom stereocenters. The van der Waals surface area contributed by atoms with Gasteiger partial charge in [-0.2, -0.15) is 0 Å². The number of nitrogens with one attached hydrogen (secondary N) is 3. The number of hydrogen-bond donors (Lipinski definition) is 3. The molecule has 3 N–H and O–H groups in total. The van der Waals surface area contributed by atoms with Gasteiger partial charge in [0.2, 0.25) is 5.91 Å². The van der Waals surface area contributed by atoms with Gasteiger partial charge in [0.1, 0.15) is 0 Å². The van der Waals surface area contributed by atoms with Crippen LogP contribution in [-0.2, 0) is 4.79 Å². The van der Waals surface area contributed by atoms with Gasteiger partial charge in [-0.3, -0.25) is 10.1 Å². The van der Waals surface area contributed by atoms with Crippen LogP contribution in [0.1, 0.15) is 32.4 Å². The van der Waals surface area contributed by atoms with Gasteiger partial charge in [0.15, 0.2) is 0 Å². The molecule has 0 aliphatic rings. The Labute approximate surface area is 140 Å². The minimum absolute atomic E-state index is 0.00915. The summed E-state index contributed by atoms with van der Waals surface area (Å²) in [5.41, 5.74) is 0.836. The molecular formula is C15H21Cl2N3O2. The SMILES string of the molecule is CC(C)CNC(=O)NC(=O)CN[C@@H](C)c1ccc(Cl)cc1Cl. The maximum absolute atomic E-state index is 11.7. The lowest BCUT2D eigenvalue weighted by molar-refractivity contribution is -0.119. The summed E-state index contributed by atoms with van der Waals surface area (Å²) in [5.74, 6) is -0.0794. The summed E-state index contributed by atoms with van der Waals surface area (Å²) in [6.07, 6.45) is 0. The first kappa shape index (κ1) is 18.7. The molecule has 0 bridgehead atoms. The Balaban J connectivity index is 2.41. The second-order valence-electron chi connectivity index (χ2n) is 5.42. The number of imide groups is 1. The first-order valence-electron chi connectivity index (χ1n) is 7.05. The van der Waals surface area contributed by atoms with Crippen LogP contribution in [-0.4, -0.2) is 25.0 Å². The molecule has 1 atom stereocenters. The third-order valence-corrected chi connectivity index (χ3v) is 3.48. The summed E-state index contributed by atoms with van der Waals surface area (Å²) in [7, 11) is 0. The highest BCUT2D eigenvalue weighted by Crippen LogP contribution is 2.25. The largest absolute Gasteiger partial charge is 0.338 e. The van der Waals surface area contributed by atoms with Crippen molar-refractivity contribution in [2.45, 2.75) is 26.8 Å². The Morgan fingerprint density at radius 1 is 1.18 bits per heavy atom. The molecule has 1 rings (SSSR count). The molecular weight excluding hydrogens is 325 g/mol. The topological polar surface area (TPSA) is 70.2 Å². The molecule has 0 aliphatic heterocycles. The molecule has 0 saturated carbocycles. The van der Waals surface area contributed by atoms with Gasteiger partial charge in [-0.05, 0) is 30.5 Å². The standard InChI is InChI=1S/C15H21Cl2N3O2/c1-9(2)7-19-15(22)20-14(21)8-18-10(3)12-5-4-11(16)6-13(12)17/h4-6,9-10,18H,7-8H2,1-3H3,(H2,19,20,21,22)/t10-/m0/s1. The number of carbonyl (C=O) groups is 2. The molecule has 7 heteroatoms. The number of carbonyl (C=O) groups excluding carboxylic acids is 2. The van der Waals surface area contributed by atoms with E-state index in [0.29, 0.717) is 22.5 Å². The minimum atomic E-state index is -0.488. The molecule has 0 saturated heterocycles. The zero-order valence-corrected chi connectivity index (χ0v) is 14.4. The first-order valence-corrected chi connectivity index (χ1v) is 7.81. The van der Waals surface area contributed by atoms with Crippen LogP contribution >= 0.6 is 23.2 Å². The monoisotopic (exact) mass is 345 g/mol. The van der Waals surface area contributed by atoms with Crippen LogP contribution in [0.4, 0.5) is 4.79 Å². The van der Waals surface area contributed by atoms with Crippen molar-refractivity contribution in [1.82, 2.24) is 16.0 Å². The number of amides is 3. The van der Waals surface area contributed by atoms with Crippen molar-refractivity contribution < 1.29 is 9.59 Å². The van der Waals surface area contributed by atoms with E-state index in [2.05, 4.69) is 16.0 Å². The highest BCUT2D eigenvalue weighted by molar-refractivity contribution is 6.35. The number of hydrogen-bond acceptors (Lipinski definition) is 3. The summed E-state index contributed by atoms with van der Waals surface area (Å²) in [6.45, 7) is 6.35. The number of rotatable bonds is 6. The normalized spacial score (nSPS) is 12.1. The summed E-state index contributed by atoms with van der Waals surface area (Å²) < 4.78 is 0. The Bertz CT molecular complexity index is 536. The van der Waals surface area contributed by atoms with Crippen LogP contribution in [0.25, 0.3) is 0 Å². The summed E-state index contributed by atoms with van der Waals surface area (Å²) in [6, 6.07) is 4.55. The second kappa shape index (κ2) is 8.98. The van der Waals surface area contributed by atoms with E-state index in [1.807, 2.05) is 20.8 Å². The van der Waals surface area contributed by atoms with Crippen molar-refractivity contribution in [2.24, 2.45) is 5.92 Å². The molecule has 122 valence electrons. The molecule has 0 fully saturated rings. The predicted molar refractivity (Wildman–Crippen MR) is 89.3 cm³/mol. The van der Waals surface area contributed by atoms with Gasteiger partial charge >= 0.3 is 6.03 Å². The second-order valence-corrected chi connectivity index (χ2v) is 6.26. The highest BCUT2D eigenvalue weighted by Gasteiger charge is 2.13. The first-order chi connectivity index (χ1) is 10.3. The van der Waals surface area contributed by atoms with Gasteiger partial charge in [0, 0.05) is 22.6 Å². The van der Waals surface area contributed by atoms with Gasteiger partial charge in [-0.25, -0.2) is 4.79 Å². The summed E-state index contributed by atoms with van der Waals surface area (Å²) in [4.78, 5) is 23.1. The quantitative estimate of drug-likeness (QED) is 0.741. The maximum atomic E-state index is 11.7. The molecule has 0 aromatic heterocycles. The van der Waals surface area contributed by atoms with Crippen molar-refractivity contribution in [3.8, 4) is 0 Å². The van der Waals surface area contributed by atoms with Gasteiger partial charge in [-0.1, -0.05) is 43.1 Å². The van der Waals surface area contributed by atoms with E-state index in [9.17, 15) is 9.59 Å². The van der Waals surface area contributed by atoms with Crippen molar-refractivity contribution in [1.29, 1.82) is 0 Å². The van der Waals surface area contributed by atoms with Gasteiger partial charge in [0.25, 0.3) is 0 Å². The summed E-state index contributed by atoms with van der Waals surface area (Å²) >= 11 is 12.0. The van der Waals surface area contributed by atoms with Crippen molar-refractivity contribution in [3.05, 3.63) is 33.8 Å². The summed E-state index contributed by atoms with van der Waals surface area (Å²) in [5, 5.41) is 8.97. The minimum Gasteiger partial charge on any atom is -0.338 e.